The number of amides is 2. The normalized spacial score (nSPS) is 9.87. The van der Waals surface area contributed by atoms with Crippen molar-refractivity contribution in [3.63, 3.8) is 0 Å². The van der Waals surface area contributed by atoms with Gasteiger partial charge in [0, 0.05) is 7.05 Å². The minimum Gasteiger partial charge on any atom is -0.493 e. The molecule has 23 heavy (non-hydrogen) atoms. The Balaban J connectivity index is 3.05. The SMILES string of the molecule is CCCCOC(=O)N(C)C(=O)c1cc(C#N)c(C)cc1OCC. The first-order chi connectivity index (χ1) is 11.0. The van der Waals surface area contributed by atoms with Crippen LogP contribution < -0.4 is 4.74 Å². The first-order valence-corrected chi connectivity index (χ1v) is 7.58. The van der Waals surface area contributed by atoms with Gasteiger partial charge in [0.25, 0.3) is 5.91 Å². The van der Waals surface area contributed by atoms with E-state index in [0.29, 0.717) is 23.5 Å². The molecule has 0 atom stereocenters. The average Bonchev–Trinajstić information content (AvgIpc) is 2.54. The van der Waals surface area contributed by atoms with Crippen molar-refractivity contribution in [3.8, 4) is 11.8 Å². The van der Waals surface area contributed by atoms with Gasteiger partial charge in [0.1, 0.15) is 5.75 Å². The molecule has 6 nitrogen and oxygen atoms in total. The third kappa shape index (κ3) is 4.71. The molecule has 0 fully saturated rings. The molecule has 0 aliphatic heterocycles. The topological polar surface area (TPSA) is 79.6 Å². The van der Waals surface area contributed by atoms with E-state index in [4.69, 9.17) is 14.7 Å². The zero-order chi connectivity index (χ0) is 17.4. The molecule has 0 spiro atoms. The Morgan fingerprint density at radius 3 is 2.57 bits per heavy atom. The van der Waals surface area contributed by atoms with Crippen molar-refractivity contribution in [3.05, 3.63) is 28.8 Å². The molecular weight excluding hydrogens is 296 g/mol. The Bertz CT molecular complexity index is 620. The molecule has 0 aliphatic carbocycles. The molecule has 0 unspecified atom stereocenters. The number of benzene rings is 1. The van der Waals surface area contributed by atoms with Crippen molar-refractivity contribution in [2.75, 3.05) is 20.3 Å². The van der Waals surface area contributed by atoms with Gasteiger partial charge in [-0.2, -0.15) is 5.26 Å². The second-order valence-electron chi connectivity index (χ2n) is 5.04. The zero-order valence-electron chi connectivity index (χ0n) is 14.0. The number of hydrogen-bond acceptors (Lipinski definition) is 5. The van der Waals surface area contributed by atoms with Crippen LogP contribution >= 0.6 is 0 Å². The molecule has 0 heterocycles. The Kier molecular flexibility index (Phi) is 7.07. The van der Waals surface area contributed by atoms with Crippen LogP contribution in [0.1, 0.15) is 48.2 Å². The van der Waals surface area contributed by atoms with Crippen LogP contribution in [0, 0.1) is 18.3 Å². The summed E-state index contributed by atoms with van der Waals surface area (Å²) in [5.41, 5.74) is 1.24. The fourth-order valence-corrected chi connectivity index (χ4v) is 1.91. The summed E-state index contributed by atoms with van der Waals surface area (Å²) in [6, 6.07) is 5.10. The summed E-state index contributed by atoms with van der Waals surface area (Å²) in [6.45, 7) is 6.17. The van der Waals surface area contributed by atoms with E-state index in [2.05, 4.69) is 0 Å². The van der Waals surface area contributed by atoms with E-state index in [1.54, 1.807) is 19.9 Å². The highest BCUT2D eigenvalue weighted by molar-refractivity contribution is 6.04. The smallest absolute Gasteiger partial charge is 0.416 e. The lowest BCUT2D eigenvalue weighted by Gasteiger charge is -2.18. The first kappa shape index (κ1) is 18.5. The highest BCUT2D eigenvalue weighted by Crippen LogP contribution is 2.25. The summed E-state index contributed by atoms with van der Waals surface area (Å²) in [5.74, 6) is -0.214. The summed E-state index contributed by atoms with van der Waals surface area (Å²) in [4.78, 5) is 25.3. The van der Waals surface area contributed by atoms with E-state index in [9.17, 15) is 9.59 Å². The minimum atomic E-state index is -0.718. The van der Waals surface area contributed by atoms with Crippen molar-refractivity contribution in [2.45, 2.75) is 33.6 Å². The van der Waals surface area contributed by atoms with Gasteiger partial charge in [-0.25, -0.2) is 9.69 Å². The van der Waals surface area contributed by atoms with Crippen molar-refractivity contribution in [1.29, 1.82) is 5.26 Å². The van der Waals surface area contributed by atoms with E-state index in [0.717, 1.165) is 17.7 Å². The van der Waals surface area contributed by atoms with Gasteiger partial charge in [0.2, 0.25) is 0 Å². The summed E-state index contributed by atoms with van der Waals surface area (Å²) in [7, 11) is 1.35. The molecule has 124 valence electrons. The minimum absolute atomic E-state index is 0.170. The van der Waals surface area contributed by atoms with Crippen LogP contribution in [0.25, 0.3) is 0 Å². The molecule has 0 N–H and O–H groups in total. The van der Waals surface area contributed by atoms with Gasteiger partial charge in [-0.15, -0.1) is 0 Å². The van der Waals surface area contributed by atoms with E-state index in [1.165, 1.54) is 13.1 Å². The average molecular weight is 318 g/mol. The predicted molar refractivity (Wildman–Crippen MR) is 85.4 cm³/mol. The molecule has 1 aromatic carbocycles. The van der Waals surface area contributed by atoms with Crippen molar-refractivity contribution < 1.29 is 19.1 Å². The van der Waals surface area contributed by atoms with Gasteiger partial charge in [-0.3, -0.25) is 4.79 Å². The van der Waals surface area contributed by atoms with Crippen LogP contribution in [0.4, 0.5) is 4.79 Å². The maximum absolute atomic E-state index is 12.5. The van der Waals surface area contributed by atoms with Gasteiger partial charge in [0.15, 0.2) is 0 Å². The molecule has 0 saturated heterocycles. The summed E-state index contributed by atoms with van der Waals surface area (Å²) in [5, 5.41) is 9.13. The fraction of sp³-hybridized carbons (Fsp3) is 0.471. The molecule has 1 aromatic rings. The van der Waals surface area contributed by atoms with Crippen LogP contribution in [0.3, 0.4) is 0 Å². The van der Waals surface area contributed by atoms with E-state index < -0.39 is 12.0 Å². The number of aryl methyl sites for hydroxylation is 1. The van der Waals surface area contributed by atoms with Crippen molar-refractivity contribution in [1.82, 2.24) is 4.90 Å². The van der Waals surface area contributed by atoms with Crippen LogP contribution in [0.5, 0.6) is 5.75 Å². The van der Waals surface area contributed by atoms with Gasteiger partial charge in [0.05, 0.1) is 30.4 Å². The lowest BCUT2D eigenvalue weighted by atomic mass is 10.0. The Labute approximate surface area is 136 Å². The standard InChI is InChI=1S/C17H22N2O4/c1-5-7-8-23-17(21)19(4)16(20)14-10-13(11-18)12(3)9-15(14)22-6-2/h9-10H,5-8H2,1-4H3. The number of carbonyl (C=O) groups excluding carboxylic acids is 2. The monoisotopic (exact) mass is 318 g/mol. The van der Waals surface area contributed by atoms with Gasteiger partial charge >= 0.3 is 6.09 Å². The van der Waals surface area contributed by atoms with Crippen molar-refractivity contribution >= 4 is 12.0 Å². The van der Waals surface area contributed by atoms with Crippen LogP contribution in [-0.4, -0.2) is 37.2 Å². The highest BCUT2D eigenvalue weighted by Gasteiger charge is 2.24. The molecule has 0 aliphatic rings. The summed E-state index contributed by atoms with van der Waals surface area (Å²) >= 11 is 0. The molecular formula is C17H22N2O4. The number of nitriles is 1. The quantitative estimate of drug-likeness (QED) is 0.752. The highest BCUT2D eigenvalue weighted by atomic mass is 16.6. The zero-order valence-corrected chi connectivity index (χ0v) is 14.0. The first-order valence-electron chi connectivity index (χ1n) is 7.58. The maximum atomic E-state index is 12.5. The number of carbonyl (C=O) groups is 2. The number of hydrogen-bond donors (Lipinski definition) is 0. The predicted octanol–water partition coefficient (Wildman–Crippen LogP) is 3.27. The number of unbranched alkanes of at least 4 members (excludes halogenated alkanes) is 1. The van der Waals surface area contributed by atoms with Crippen LogP contribution in [0.2, 0.25) is 0 Å². The van der Waals surface area contributed by atoms with Gasteiger partial charge in [-0.05, 0) is 38.0 Å². The Hall–Kier alpha value is -2.55. The molecule has 0 aromatic heterocycles. The number of imide groups is 1. The molecule has 1 rings (SSSR count). The molecule has 0 radical (unpaired) electrons. The van der Waals surface area contributed by atoms with Crippen LogP contribution in [-0.2, 0) is 4.74 Å². The number of ether oxygens (including phenoxy) is 2. The Morgan fingerprint density at radius 2 is 2.00 bits per heavy atom. The van der Waals surface area contributed by atoms with Crippen molar-refractivity contribution in [2.24, 2.45) is 0 Å². The van der Waals surface area contributed by atoms with Gasteiger partial charge in [-0.1, -0.05) is 13.3 Å². The fourth-order valence-electron chi connectivity index (χ4n) is 1.91. The lowest BCUT2D eigenvalue weighted by molar-refractivity contribution is 0.0703. The summed E-state index contributed by atoms with van der Waals surface area (Å²) < 4.78 is 10.5. The molecule has 0 saturated carbocycles. The third-order valence-electron chi connectivity index (χ3n) is 3.28. The second-order valence-corrected chi connectivity index (χ2v) is 5.04. The largest absolute Gasteiger partial charge is 0.493 e. The number of nitrogens with zero attached hydrogens (tertiary/aromatic N) is 2. The third-order valence-corrected chi connectivity index (χ3v) is 3.28. The van der Waals surface area contributed by atoms with Gasteiger partial charge < -0.3 is 9.47 Å². The molecule has 2 amide bonds. The summed E-state index contributed by atoms with van der Waals surface area (Å²) in [6.07, 6.45) is 0.911. The van der Waals surface area contributed by atoms with E-state index in [1.807, 2.05) is 13.0 Å². The molecule has 6 heteroatoms. The van der Waals surface area contributed by atoms with E-state index >= 15 is 0 Å². The lowest BCUT2D eigenvalue weighted by Crippen LogP contribution is -2.34. The molecule has 0 bridgehead atoms. The number of rotatable bonds is 6. The van der Waals surface area contributed by atoms with E-state index in [-0.39, 0.29) is 12.2 Å². The maximum Gasteiger partial charge on any atom is 0.416 e. The Morgan fingerprint density at radius 1 is 1.30 bits per heavy atom. The van der Waals surface area contributed by atoms with Crippen LogP contribution in [0.15, 0.2) is 12.1 Å². The second kappa shape index (κ2) is 8.79.